The van der Waals surface area contributed by atoms with Crippen LogP contribution >= 0.6 is 0 Å². The maximum absolute atomic E-state index is 14.6. The number of rotatable bonds is 15. The second-order valence-electron chi connectivity index (χ2n) is 16.6. The molecule has 13 nitrogen and oxygen atoms in total. The summed E-state index contributed by atoms with van der Waals surface area (Å²) in [6.07, 6.45) is 8.58. The number of fused-ring (bicyclic) bond motifs is 1. The molecule has 2 saturated carbocycles. The lowest BCUT2D eigenvalue weighted by atomic mass is 9.83. The zero-order valence-electron chi connectivity index (χ0n) is 31.5. The number of carbonyl (C=O) groups excluding carboxylic acids is 7. The minimum atomic E-state index is -1.04. The number of hydrogen-bond donors (Lipinski definition) is 4. The third-order valence-corrected chi connectivity index (χ3v) is 11.6. The second-order valence-corrected chi connectivity index (χ2v) is 16.6. The second kappa shape index (κ2) is 16.7. The quantitative estimate of drug-likeness (QED) is 0.115. The van der Waals surface area contributed by atoms with Gasteiger partial charge in [0.05, 0.1) is 12.1 Å². The summed E-state index contributed by atoms with van der Waals surface area (Å²) in [6, 6.07) is -3.95. The predicted octanol–water partition coefficient (Wildman–Crippen LogP) is 3.22. The van der Waals surface area contributed by atoms with E-state index in [0.29, 0.717) is 19.4 Å². The maximum Gasteiger partial charge on any atom is 0.315 e. The molecule has 0 spiro atoms. The highest BCUT2D eigenvalue weighted by molar-refractivity contribution is 6.38. The van der Waals surface area contributed by atoms with Crippen LogP contribution in [0.2, 0.25) is 0 Å². The van der Waals surface area contributed by atoms with Gasteiger partial charge < -0.3 is 26.2 Å². The Hall–Kier alpha value is -3.77. The molecule has 2 saturated heterocycles. The van der Waals surface area contributed by atoms with Gasteiger partial charge in [0.2, 0.25) is 29.4 Å². The van der Waals surface area contributed by atoms with Gasteiger partial charge in [-0.05, 0) is 54.3 Å². The molecular weight excluding hydrogens is 652 g/mol. The molecule has 51 heavy (non-hydrogen) atoms. The minimum absolute atomic E-state index is 0.0347. The average molecular weight is 713 g/mol. The van der Waals surface area contributed by atoms with E-state index in [1.165, 1.54) is 11.0 Å². The topological polar surface area (TPSA) is 174 Å². The fraction of sp³-hybridized carbons (Fsp3) is 0.763. The van der Waals surface area contributed by atoms with Crippen molar-refractivity contribution in [3.63, 3.8) is 0 Å². The first-order valence-electron chi connectivity index (χ1n) is 19.0. The third-order valence-electron chi connectivity index (χ3n) is 11.6. The van der Waals surface area contributed by atoms with Gasteiger partial charge in [-0.15, -0.1) is 6.58 Å². The van der Waals surface area contributed by atoms with Gasteiger partial charge in [-0.2, -0.15) is 0 Å². The number of piperidine rings is 2. The SMILES string of the molecule is C=CCNC(=O)C(=O)C(CCCC)NC(=O)[C@@H]1[C@@H]2[C@H](CN1C(=O)[C@@H](NC(=O)N[C@H](CN1C(=O)CCCC1=O)C(C)(C)C)C1CCCCC1)C2(C)C. The van der Waals surface area contributed by atoms with Crippen LogP contribution < -0.4 is 21.3 Å². The standard InChI is InChI=1S/C38H60N6O7/c1-8-10-17-25(32(47)34(49)39-20-9-2)40-33(48)31-29-24(38(29,6)7)21-44(31)35(50)30(23-15-12-11-13-16-23)42-36(51)41-26(37(3,4)5)22-43-27(45)18-14-19-28(43)46/h9,23-26,29-31H,2,8,10-22H2,1,3-7H3,(H,39,49)(H,40,48)(H2,41,42,51)/t24-,25?,26+,29-,30-,31-/m0/s1. The van der Waals surface area contributed by atoms with Crippen molar-refractivity contribution in [2.24, 2.45) is 28.6 Å². The lowest BCUT2D eigenvalue weighted by molar-refractivity contribution is -0.148. The molecule has 4 aliphatic rings. The van der Waals surface area contributed by atoms with Gasteiger partial charge in [-0.3, -0.25) is 33.7 Å². The summed E-state index contributed by atoms with van der Waals surface area (Å²) in [5, 5.41) is 11.3. The first-order chi connectivity index (χ1) is 24.0. The van der Waals surface area contributed by atoms with Crippen LogP contribution in [0.25, 0.3) is 0 Å². The van der Waals surface area contributed by atoms with Gasteiger partial charge in [0.1, 0.15) is 12.1 Å². The van der Waals surface area contributed by atoms with Crippen molar-refractivity contribution in [2.45, 2.75) is 136 Å². The summed E-state index contributed by atoms with van der Waals surface area (Å²) in [5.41, 5.74) is -0.712. The van der Waals surface area contributed by atoms with E-state index >= 15 is 0 Å². The van der Waals surface area contributed by atoms with Crippen molar-refractivity contribution in [3.8, 4) is 0 Å². The molecule has 2 aliphatic heterocycles. The van der Waals surface area contributed by atoms with Crippen LogP contribution in [0.3, 0.4) is 0 Å². The molecule has 0 aromatic carbocycles. The van der Waals surface area contributed by atoms with E-state index in [0.717, 1.165) is 38.5 Å². The van der Waals surface area contributed by atoms with Crippen LogP contribution in [0.4, 0.5) is 4.79 Å². The number of unbranched alkanes of at least 4 members (excludes halogenated alkanes) is 1. The molecule has 4 fully saturated rings. The number of imide groups is 1. The van der Waals surface area contributed by atoms with Gasteiger partial charge >= 0.3 is 6.03 Å². The Balaban J connectivity index is 1.55. The van der Waals surface area contributed by atoms with Crippen LogP contribution in [0.5, 0.6) is 0 Å². The molecule has 0 bridgehead atoms. The van der Waals surface area contributed by atoms with Crippen LogP contribution in [0.15, 0.2) is 12.7 Å². The smallest absolute Gasteiger partial charge is 0.315 e. The highest BCUT2D eigenvalue weighted by Gasteiger charge is 2.69. The molecule has 0 radical (unpaired) electrons. The molecule has 6 atom stereocenters. The Morgan fingerprint density at radius 1 is 0.961 bits per heavy atom. The Bertz CT molecular complexity index is 1350. The third kappa shape index (κ3) is 9.37. The molecule has 7 amide bonds. The van der Waals surface area contributed by atoms with Gasteiger partial charge in [0, 0.05) is 32.5 Å². The van der Waals surface area contributed by atoms with E-state index in [9.17, 15) is 33.6 Å². The van der Waals surface area contributed by atoms with Gasteiger partial charge in [-0.1, -0.05) is 79.7 Å². The Labute approximate surface area is 302 Å². The number of urea groups is 1. The van der Waals surface area contributed by atoms with Gasteiger partial charge in [0.25, 0.3) is 5.91 Å². The van der Waals surface area contributed by atoms with Crippen LogP contribution in [-0.2, 0) is 28.8 Å². The van der Waals surface area contributed by atoms with Crippen molar-refractivity contribution >= 4 is 41.4 Å². The average Bonchev–Trinajstić information content (AvgIpc) is 3.38. The van der Waals surface area contributed by atoms with Crippen molar-refractivity contribution in [1.82, 2.24) is 31.1 Å². The summed E-state index contributed by atoms with van der Waals surface area (Å²) in [7, 11) is 0. The summed E-state index contributed by atoms with van der Waals surface area (Å²) in [5.74, 6) is -3.06. The number of ketones is 1. The normalized spacial score (nSPS) is 24.9. The molecule has 1 unspecified atom stereocenters. The number of Topliss-reactive ketones (excluding diaryl/α,β-unsaturated/α-hetero) is 1. The Morgan fingerprint density at radius 2 is 1.61 bits per heavy atom. The van der Waals surface area contributed by atoms with Crippen LogP contribution in [-0.4, -0.2) is 95.0 Å². The predicted molar refractivity (Wildman–Crippen MR) is 192 cm³/mol. The molecular formula is C38H60N6O7. The van der Waals surface area contributed by atoms with Crippen molar-refractivity contribution in [1.29, 1.82) is 0 Å². The Kier molecular flexibility index (Phi) is 13.1. The lowest BCUT2D eigenvalue weighted by Gasteiger charge is -2.39. The zero-order chi connectivity index (χ0) is 37.7. The van der Waals surface area contributed by atoms with E-state index in [1.54, 1.807) is 4.90 Å². The van der Waals surface area contributed by atoms with Crippen molar-refractivity contribution < 1.29 is 33.6 Å². The van der Waals surface area contributed by atoms with Crippen molar-refractivity contribution in [3.05, 3.63) is 12.7 Å². The van der Waals surface area contributed by atoms with Crippen LogP contribution in [0, 0.1) is 28.6 Å². The number of likely N-dealkylation sites (tertiary alicyclic amines) is 2. The molecule has 284 valence electrons. The largest absolute Gasteiger partial charge is 0.346 e. The lowest BCUT2D eigenvalue weighted by Crippen LogP contribution is -2.62. The summed E-state index contributed by atoms with van der Waals surface area (Å²) < 4.78 is 0. The Morgan fingerprint density at radius 3 is 2.20 bits per heavy atom. The van der Waals surface area contributed by atoms with E-state index in [4.69, 9.17) is 0 Å². The molecule has 2 heterocycles. The number of carbonyl (C=O) groups is 7. The van der Waals surface area contributed by atoms with E-state index in [2.05, 4.69) is 41.7 Å². The first kappa shape index (κ1) is 40.0. The summed E-state index contributed by atoms with van der Waals surface area (Å²) in [4.78, 5) is 96.4. The molecule has 2 aliphatic carbocycles. The number of hydrogen-bond acceptors (Lipinski definition) is 7. The molecule has 0 aromatic heterocycles. The summed E-state index contributed by atoms with van der Waals surface area (Å²) in [6.45, 7) is 15.9. The van der Waals surface area contributed by atoms with Crippen LogP contribution in [0.1, 0.15) is 112 Å². The van der Waals surface area contributed by atoms with E-state index in [-0.39, 0.29) is 73.2 Å². The highest BCUT2D eigenvalue weighted by Crippen LogP contribution is 2.65. The highest BCUT2D eigenvalue weighted by atomic mass is 16.2. The number of amides is 7. The fourth-order valence-electron chi connectivity index (χ4n) is 8.25. The van der Waals surface area contributed by atoms with Gasteiger partial charge in [0.15, 0.2) is 0 Å². The van der Waals surface area contributed by atoms with E-state index in [1.807, 2.05) is 27.7 Å². The summed E-state index contributed by atoms with van der Waals surface area (Å²) >= 11 is 0. The molecule has 4 N–H and O–H groups in total. The fourth-order valence-corrected chi connectivity index (χ4v) is 8.25. The van der Waals surface area contributed by atoms with Crippen molar-refractivity contribution in [2.75, 3.05) is 19.6 Å². The van der Waals surface area contributed by atoms with E-state index < -0.39 is 53.2 Å². The molecule has 4 rings (SSSR count). The first-order valence-corrected chi connectivity index (χ1v) is 19.0. The van der Waals surface area contributed by atoms with Gasteiger partial charge in [-0.25, -0.2) is 4.79 Å². The number of nitrogens with zero attached hydrogens (tertiary/aromatic N) is 2. The zero-order valence-corrected chi connectivity index (χ0v) is 31.5. The molecule has 0 aromatic rings. The monoisotopic (exact) mass is 712 g/mol. The number of nitrogens with one attached hydrogen (secondary N) is 4. The molecule has 13 heteroatoms. The minimum Gasteiger partial charge on any atom is -0.346 e. The maximum atomic E-state index is 14.6.